The summed E-state index contributed by atoms with van der Waals surface area (Å²) in [6.07, 6.45) is 1.07. The van der Waals surface area contributed by atoms with Crippen LogP contribution in [0.4, 0.5) is 5.69 Å². The summed E-state index contributed by atoms with van der Waals surface area (Å²) in [5.41, 5.74) is 0.955. The Morgan fingerprint density at radius 2 is 1.83 bits per heavy atom. The van der Waals surface area contributed by atoms with Crippen LogP contribution in [0.3, 0.4) is 0 Å². The van der Waals surface area contributed by atoms with Crippen LogP contribution < -0.4 is 4.74 Å². The molecule has 120 valence electrons. The number of rotatable bonds is 5. The van der Waals surface area contributed by atoms with Crippen LogP contribution in [0.5, 0.6) is 5.75 Å². The summed E-state index contributed by atoms with van der Waals surface area (Å²) in [4.78, 5) is 10.4. The number of nitro groups is 1. The molecule has 2 aromatic carbocycles. The van der Waals surface area contributed by atoms with Crippen molar-refractivity contribution < 1.29 is 18.1 Å². The minimum Gasteiger partial charge on any atom is -0.490 e. The van der Waals surface area contributed by atoms with Crippen LogP contribution in [-0.2, 0) is 10.0 Å². The molecular weight excluding hydrogens is 320 g/mol. The van der Waals surface area contributed by atoms with Crippen molar-refractivity contribution in [2.75, 3.05) is 7.11 Å². The third kappa shape index (κ3) is 3.92. The van der Waals surface area contributed by atoms with Gasteiger partial charge in [-0.05, 0) is 31.2 Å². The highest BCUT2D eigenvalue weighted by atomic mass is 32.2. The lowest BCUT2D eigenvalue weighted by Crippen LogP contribution is -1.99. The molecule has 0 atom stereocenters. The average Bonchev–Trinajstić information content (AvgIpc) is 2.53. The maximum Gasteiger partial charge on any atom is 0.311 e. The van der Waals surface area contributed by atoms with E-state index in [-0.39, 0.29) is 21.9 Å². The summed E-state index contributed by atoms with van der Waals surface area (Å²) >= 11 is 0. The largest absolute Gasteiger partial charge is 0.490 e. The molecule has 0 amide bonds. The van der Waals surface area contributed by atoms with E-state index in [4.69, 9.17) is 4.74 Å². The fourth-order valence-corrected chi connectivity index (χ4v) is 2.69. The van der Waals surface area contributed by atoms with E-state index >= 15 is 0 Å². The Balaban J connectivity index is 2.34. The highest BCUT2D eigenvalue weighted by Gasteiger charge is 2.15. The van der Waals surface area contributed by atoms with Gasteiger partial charge in [-0.15, -0.1) is 0 Å². The molecule has 23 heavy (non-hydrogen) atoms. The molecule has 0 radical (unpaired) electrons. The summed E-state index contributed by atoms with van der Waals surface area (Å²) in [5.74, 6) is 0.0912. The first-order valence-corrected chi connectivity index (χ1v) is 7.97. The molecular formula is C15H14N2O5S. The van der Waals surface area contributed by atoms with Crippen LogP contribution in [0.2, 0.25) is 0 Å². The predicted octanol–water partition coefficient (Wildman–Crippen LogP) is 2.72. The van der Waals surface area contributed by atoms with E-state index < -0.39 is 14.9 Å². The van der Waals surface area contributed by atoms with E-state index in [0.717, 1.165) is 11.8 Å². The van der Waals surface area contributed by atoms with E-state index in [1.54, 1.807) is 12.1 Å². The maximum absolute atomic E-state index is 12.1. The molecule has 0 bridgehead atoms. The van der Waals surface area contributed by atoms with Crippen LogP contribution >= 0.6 is 0 Å². The normalized spacial score (nSPS) is 11.6. The van der Waals surface area contributed by atoms with Gasteiger partial charge in [0.05, 0.1) is 16.9 Å². The van der Waals surface area contributed by atoms with Crippen molar-refractivity contribution in [3.05, 3.63) is 63.7 Å². The summed E-state index contributed by atoms with van der Waals surface area (Å²) in [6, 6.07) is 10.3. The lowest BCUT2D eigenvalue weighted by Gasteiger charge is -2.02. The Morgan fingerprint density at radius 3 is 2.39 bits per heavy atom. The van der Waals surface area contributed by atoms with Crippen molar-refractivity contribution in [1.82, 2.24) is 0 Å². The molecule has 0 spiro atoms. The first kappa shape index (κ1) is 16.6. The van der Waals surface area contributed by atoms with E-state index in [0.29, 0.717) is 0 Å². The fourth-order valence-electron chi connectivity index (χ4n) is 1.83. The molecule has 0 saturated carbocycles. The van der Waals surface area contributed by atoms with Gasteiger partial charge in [-0.1, -0.05) is 17.7 Å². The van der Waals surface area contributed by atoms with Gasteiger partial charge >= 0.3 is 5.69 Å². The number of sulfonamides is 1. The number of ether oxygens (including phenoxy) is 1. The minimum absolute atomic E-state index is 0.0577. The van der Waals surface area contributed by atoms with Crippen molar-refractivity contribution in [3.8, 4) is 5.75 Å². The number of methoxy groups -OCH3 is 1. The second kappa shape index (κ2) is 6.57. The third-order valence-corrected chi connectivity index (χ3v) is 4.31. The zero-order chi connectivity index (χ0) is 17.0. The standard InChI is InChI=1S/C15H14N2O5S/c1-11-3-6-13(7-4-11)23(20,21)16-10-12-5-8-15(22-2)14(9-12)17(18)19/h3-10H,1-2H3/b16-10-. The van der Waals surface area contributed by atoms with E-state index in [9.17, 15) is 18.5 Å². The summed E-state index contributed by atoms with van der Waals surface area (Å²) in [7, 11) is -2.54. The predicted molar refractivity (Wildman–Crippen MR) is 85.6 cm³/mol. The monoisotopic (exact) mass is 334 g/mol. The second-order valence-electron chi connectivity index (χ2n) is 4.71. The first-order valence-electron chi connectivity index (χ1n) is 6.53. The highest BCUT2D eigenvalue weighted by Crippen LogP contribution is 2.27. The first-order chi connectivity index (χ1) is 10.8. The van der Waals surface area contributed by atoms with Gasteiger partial charge in [0.15, 0.2) is 5.75 Å². The van der Waals surface area contributed by atoms with Crippen molar-refractivity contribution in [3.63, 3.8) is 0 Å². The van der Waals surface area contributed by atoms with E-state index in [2.05, 4.69) is 4.40 Å². The van der Waals surface area contributed by atoms with Gasteiger partial charge in [0.2, 0.25) is 0 Å². The maximum atomic E-state index is 12.1. The molecule has 0 heterocycles. The lowest BCUT2D eigenvalue weighted by molar-refractivity contribution is -0.385. The van der Waals surface area contributed by atoms with Crippen LogP contribution in [0.25, 0.3) is 0 Å². The molecule has 0 saturated heterocycles. The molecule has 0 fully saturated rings. The summed E-state index contributed by atoms with van der Waals surface area (Å²) < 4.78 is 32.7. The van der Waals surface area contributed by atoms with E-state index in [1.165, 1.54) is 37.4 Å². The Kier molecular flexibility index (Phi) is 4.75. The number of hydrogen-bond donors (Lipinski definition) is 0. The summed E-state index contributed by atoms with van der Waals surface area (Å²) in [5, 5.41) is 11.0. The quantitative estimate of drug-likeness (QED) is 0.475. The number of nitro benzene ring substituents is 1. The van der Waals surface area contributed by atoms with Gasteiger partial charge in [0, 0.05) is 17.8 Å². The Morgan fingerprint density at radius 1 is 1.17 bits per heavy atom. The van der Waals surface area contributed by atoms with Crippen LogP contribution in [0, 0.1) is 17.0 Å². The zero-order valence-corrected chi connectivity index (χ0v) is 13.3. The Labute approximate surface area is 133 Å². The highest BCUT2D eigenvalue weighted by molar-refractivity contribution is 7.90. The van der Waals surface area contributed by atoms with Crippen LogP contribution in [0.1, 0.15) is 11.1 Å². The van der Waals surface area contributed by atoms with Gasteiger partial charge in [-0.2, -0.15) is 12.8 Å². The number of hydrogen-bond acceptors (Lipinski definition) is 5. The molecule has 0 aliphatic carbocycles. The molecule has 0 aromatic heterocycles. The minimum atomic E-state index is -3.86. The van der Waals surface area contributed by atoms with Crippen LogP contribution in [-0.4, -0.2) is 26.7 Å². The van der Waals surface area contributed by atoms with Gasteiger partial charge in [0.25, 0.3) is 10.0 Å². The van der Waals surface area contributed by atoms with Crippen molar-refractivity contribution in [2.24, 2.45) is 4.40 Å². The van der Waals surface area contributed by atoms with Crippen molar-refractivity contribution >= 4 is 21.9 Å². The van der Waals surface area contributed by atoms with Gasteiger partial charge < -0.3 is 4.74 Å². The van der Waals surface area contributed by atoms with E-state index in [1.807, 2.05) is 6.92 Å². The van der Waals surface area contributed by atoms with Crippen LogP contribution in [0.15, 0.2) is 51.8 Å². The van der Waals surface area contributed by atoms with Gasteiger partial charge in [-0.25, -0.2) is 0 Å². The lowest BCUT2D eigenvalue weighted by atomic mass is 10.2. The van der Waals surface area contributed by atoms with Crippen molar-refractivity contribution in [2.45, 2.75) is 11.8 Å². The summed E-state index contributed by atoms with van der Waals surface area (Å²) in [6.45, 7) is 1.84. The zero-order valence-electron chi connectivity index (χ0n) is 12.5. The molecule has 0 unspecified atom stereocenters. The topological polar surface area (TPSA) is 98.9 Å². The second-order valence-corrected chi connectivity index (χ2v) is 6.34. The van der Waals surface area contributed by atoms with Gasteiger partial charge in [-0.3, -0.25) is 10.1 Å². The van der Waals surface area contributed by atoms with Crippen molar-refractivity contribution in [1.29, 1.82) is 0 Å². The number of benzene rings is 2. The average molecular weight is 334 g/mol. The SMILES string of the molecule is COc1ccc(/C=N\S(=O)(=O)c2ccc(C)cc2)cc1[N+](=O)[O-]. The third-order valence-electron chi connectivity index (χ3n) is 3.06. The molecule has 8 heteroatoms. The molecule has 2 aromatic rings. The Hall–Kier alpha value is -2.74. The molecule has 0 aliphatic heterocycles. The smallest absolute Gasteiger partial charge is 0.311 e. The molecule has 2 rings (SSSR count). The molecule has 0 aliphatic rings. The Bertz CT molecular complexity index is 858. The fraction of sp³-hybridized carbons (Fsp3) is 0.133. The molecule has 0 N–H and O–H groups in total. The molecule has 7 nitrogen and oxygen atoms in total. The number of nitrogens with zero attached hydrogens (tertiary/aromatic N) is 2. The van der Waals surface area contributed by atoms with Gasteiger partial charge in [0.1, 0.15) is 0 Å². The number of aryl methyl sites for hydroxylation is 1.